The zero-order chi connectivity index (χ0) is 10.3. The summed E-state index contributed by atoms with van der Waals surface area (Å²) in [6, 6.07) is 0.243. The van der Waals surface area contributed by atoms with Crippen molar-refractivity contribution >= 4 is 23.4 Å². The molecule has 0 saturated carbocycles. The Balaban J connectivity index is 2.92. The average Bonchev–Trinajstić information content (AvgIpc) is 2.47. The van der Waals surface area contributed by atoms with E-state index >= 15 is 0 Å². The number of aromatic nitrogens is 4. The molecular formula is C8H10N4OS. The van der Waals surface area contributed by atoms with Gasteiger partial charge in [0.05, 0.1) is 6.33 Å². The van der Waals surface area contributed by atoms with Gasteiger partial charge in [0, 0.05) is 6.04 Å². The van der Waals surface area contributed by atoms with Crippen molar-refractivity contribution < 1.29 is 0 Å². The summed E-state index contributed by atoms with van der Waals surface area (Å²) in [4.78, 5) is 20.5. The van der Waals surface area contributed by atoms with Gasteiger partial charge in [0.2, 0.25) is 0 Å². The minimum Gasteiger partial charge on any atom is -0.314 e. The summed E-state index contributed by atoms with van der Waals surface area (Å²) >= 11 is 4.99. The van der Waals surface area contributed by atoms with E-state index in [0.29, 0.717) is 15.8 Å². The summed E-state index contributed by atoms with van der Waals surface area (Å²) in [5.74, 6) is 0. The maximum atomic E-state index is 11.2. The molecule has 2 rings (SSSR count). The smallest absolute Gasteiger partial charge is 0.314 e. The molecule has 0 aliphatic rings. The Hall–Kier alpha value is -1.43. The van der Waals surface area contributed by atoms with E-state index in [2.05, 4.69) is 15.0 Å². The van der Waals surface area contributed by atoms with Gasteiger partial charge in [0.1, 0.15) is 15.8 Å². The summed E-state index contributed by atoms with van der Waals surface area (Å²) in [7, 11) is 0. The fourth-order valence-electron chi connectivity index (χ4n) is 1.34. The van der Waals surface area contributed by atoms with Crippen molar-refractivity contribution in [1.29, 1.82) is 0 Å². The van der Waals surface area contributed by atoms with Crippen LogP contribution in [-0.2, 0) is 0 Å². The number of rotatable bonds is 1. The fourth-order valence-corrected chi connectivity index (χ4v) is 1.59. The van der Waals surface area contributed by atoms with Gasteiger partial charge in [0.15, 0.2) is 0 Å². The van der Waals surface area contributed by atoms with Crippen molar-refractivity contribution in [3.8, 4) is 0 Å². The Morgan fingerprint density at radius 2 is 2.21 bits per heavy atom. The SMILES string of the molecule is CC(C)n1cnc2c(=S)[nH]c(=O)[nH]c21. The summed E-state index contributed by atoms with van der Waals surface area (Å²) in [5.41, 5.74) is 1.01. The number of fused-ring (bicyclic) bond motifs is 1. The highest BCUT2D eigenvalue weighted by Crippen LogP contribution is 2.13. The molecule has 0 radical (unpaired) electrons. The van der Waals surface area contributed by atoms with Gasteiger partial charge >= 0.3 is 5.69 Å². The van der Waals surface area contributed by atoms with Crippen LogP contribution in [0.1, 0.15) is 19.9 Å². The largest absolute Gasteiger partial charge is 0.325 e. The minimum atomic E-state index is -0.301. The second-order valence-electron chi connectivity index (χ2n) is 3.35. The summed E-state index contributed by atoms with van der Waals surface area (Å²) in [6.07, 6.45) is 1.68. The quantitative estimate of drug-likeness (QED) is 0.698. The molecule has 2 aromatic rings. The van der Waals surface area contributed by atoms with E-state index in [1.54, 1.807) is 6.33 Å². The van der Waals surface area contributed by atoms with E-state index in [9.17, 15) is 4.79 Å². The van der Waals surface area contributed by atoms with Gasteiger partial charge in [-0.3, -0.25) is 9.97 Å². The molecule has 2 aromatic heterocycles. The molecule has 2 heterocycles. The standard InChI is InChI=1S/C8H10N4OS/c1-4(2)12-3-9-5-6(12)10-8(13)11-7(5)14/h3-4H,1-2H3,(H2,10,11,13,14). The lowest BCUT2D eigenvalue weighted by atomic mass is 10.4. The molecule has 74 valence electrons. The van der Waals surface area contributed by atoms with Crippen LogP contribution >= 0.6 is 12.2 Å². The number of hydrogen-bond donors (Lipinski definition) is 2. The lowest BCUT2D eigenvalue weighted by Crippen LogP contribution is -2.12. The lowest BCUT2D eigenvalue weighted by Gasteiger charge is -2.06. The third-order valence-electron chi connectivity index (χ3n) is 2.02. The van der Waals surface area contributed by atoms with Crippen molar-refractivity contribution in [3.05, 3.63) is 21.5 Å². The van der Waals surface area contributed by atoms with Gasteiger partial charge in [-0.2, -0.15) is 0 Å². The van der Waals surface area contributed by atoms with Crippen LogP contribution in [0.15, 0.2) is 11.1 Å². The highest BCUT2D eigenvalue weighted by Gasteiger charge is 2.07. The van der Waals surface area contributed by atoms with E-state index < -0.39 is 0 Å². The Kier molecular flexibility index (Phi) is 1.99. The Morgan fingerprint density at radius 1 is 1.50 bits per heavy atom. The molecule has 0 bridgehead atoms. The molecule has 0 spiro atoms. The second-order valence-corrected chi connectivity index (χ2v) is 3.76. The number of imidazole rings is 1. The van der Waals surface area contributed by atoms with Crippen LogP contribution < -0.4 is 5.69 Å². The molecule has 14 heavy (non-hydrogen) atoms. The van der Waals surface area contributed by atoms with Crippen molar-refractivity contribution in [3.63, 3.8) is 0 Å². The van der Waals surface area contributed by atoms with Gasteiger partial charge in [0.25, 0.3) is 0 Å². The second kappa shape index (κ2) is 3.06. The Morgan fingerprint density at radius 3 is 2.86 bits per heavy atom. The Labute approximate surface area is 84.8 Å². The first-order chi connectivity index (χ1) is 6.59. The summed E-state index contributed by atoms with van der Waals surface area (Å²) in [6.45, 7) is 4.03. The van der Waals surface area contributed by atoms with Gasteiger partial charge in [-0.15, -0.1) is 0 Å². The lowest BCUT2D eigenvalue weighted by molar-refractivity contribution is 0.612. The number of H-pyrrole nitrogens is 2. The number of aromatic amines is 2. The normalized spacial score (nSPS) is 11.4. The van der Waals surface area contributed by atoms with Crippen LogP contribution in [-0.4, -0.2) is 19.5 Å². The van der Waals surface area contributed by atoms with Crippen LogP contribution in [0.25, 0.3) is 11.2 Å². The van der Waals surface area contributed by atoms with Gasteiger partial charge in [-0.1, -0.05) is 12.2 Å². The topological polar surface area (TPSA) is 66.5 Å². The molecule has 0 unspecified atom stereocenters. The molecule has 5 nitrogen and oxygen atoms in total. The minimum absolute atomic E-state index is 0.243. The third-order valence-corrected chi connectivity index (χ3v) is 2.32. The fraction of sp³-hybridized carbons (Fsp3) is 0.375. The first-order valence-electron chi connectivity index (χ1n) is 4.28. The average molecular weight is 210 g/mol. The van der Waals surface area contributed by atoms with Gasteiger partial charge < -0.3 is 4.57 Å². The summed E-state index contributed by atoms with van der Waals surface area (Å²) < 4.78 is 2.25. The van der Waals surface area contributed by atoms with Crippen molar-refractivity contribution in [2.45, 2.75) is 19.9 Å². The molecule has 0 aliphatic heterocycles. The van der Waals surface area contributed by atoms with Gasteiger partial charge in [-0.25, -0.2) is 9.78 Å². The Bertz CT molecular complexity index is 577. The maximum absolute atomic E-state index is 11.2. The first kappa shape index (κ1) is 9.14. The third kappa shape index (κ3) is 1.27. The first-order valence-corrected chi connectivity index (χ1v) is 4.69. The molecule has 0 saturated heterocycles. The predicted molar refractivity (Wildman–Crippen MR) is 55.9 cm³/mol. The molecule has 0 fully saturated rings. The van der Waals surface area contributed by atoms with Crippen molar-refractivity contribution in [2.75, 3.05) is 0 Å². The zero-order valence-corrected chi connectivity index (χ0v) is 8.68. The van der Waals surface area contributed by atoms with E-state index in [1.165, 1.54) is 0 Å². The zero-order valence-electron chi connectivity index (χ0n) is 7.87. The van der Waals surface area contributed by atoms with Crippen LogP contribution in [0.5, 0.6) is 0 Å². The monoisotopic (exact) mass is 210 g/mol. The number of hydrogen-bond acceptors (Lipinski definition) is 3. The molecule has 0 aromatic carbocycles. The van der Waals surface area contributed by atoms with Crippen LogP contribution in [0.4, 0.5) is 0 Å². The number of nitrogens with one attached hydrogen (secondary N) is 2. The van der Waals surface area contributed by atoms with Crippen LogP contribution in [0.2, 0.25) is 0 Å². The molecule has 0 amide bonds. The molecule has 0 atom stereocenters. The molecular weight excluding hydrogens is 200 g/mol. The molecule has 2 N–H and O–H groups in total. The van der Waals surface area contributed by atoms with Crippen LogP contribution in [0.3, 0.4) is 0 Å². The highest BCUT2D eigenvalue weighted by molar-refractivity contribution is 7.71. The van der Waals surface area contributed by atoms with E-state index in [4.69, 9.17) is 12.2 Å². The van der Waals surface area contributed by atoms with Crippen molar-refractivity contribution in [2.24, 2.45) is 0 Å². The maximum Gasteiger partial charge on any atom is 0.325 e. The van der Waals surface area contributed by atoms with E-state index in [0.717, 1.165) is 0 Å². The highest BCUT2D eigenvalue weighted by atomic mass is 32.1. The number of nitrogens with zero attached hydrogens (tertiary/aromatic N) is 2. The predicted octanol–water partition coefficient (Wildman–Crippen LogP) is 1.36. The summed E-state index contributed by atoms with van der Waals surface area (Å²) in [5, 5.41) is 0. The van der Waals surface area contributed by atoms with Crippen LogP contribution in [0, 0.1) is 4.64 Å². The van der Waals surface area contributed by atoms with Gasteiger partial charge in [-0.05, 0) is 13.8 Å². The molecule has 6 heteroatoms. The van der Waals surface area contributed by atoms with Crippen molar-refractivity contribution in [1.82, 2.24) is 19.5 Å². The van der Waals surface area contributed by atoms with E-state index in [1.807, 2.05) is 18.4 Å². The molecule has 0 aliphatic carbocycles. The van der Waals surface area contributed by atoms with E-state index in [-0.39, 0.29) is 11.7 Å².